The fourth-order valence-corrected chi connectivity index (χ4v) is 6.92. The van der Waals surface area contributed by atoms with Gasteiger partial charge in [0.2, 0.25) is 0 Å². The Hall–Kier alpha value is -2.88. The maximum Gasteiger partial charge on any atom is 0.433 e. The SMILES string of the molecule is Cc1cc(C)c(C(=O)CN(C(=O)c2cnn(C3CCC(C)(C(=O)O)CC3)c2C(F)(F)F)C2CCC(C)(C)CC2)c(Cl)c1. The van der Waals surface area contributed by atoms with Crippen molar-refractivity contribution in [2.45, 2.75) is 104 Å². The van der Waals surface area contributed by atoms with Crippen LogP contribution in [-0.2, 0) is 11.0 Å². The molecule has 1 aromatic carbocycles. The first kappa shape index (κ1) is 32.0. The van der Waals surface area contributed by atoms with Crippen molar-refractivity contribution in [2.75, 3.05) is 6.54 Å². The fourth-order valence-electron chi connectivity index (χ4n) is 6.50. The number of halogens is 4. The Morgan fingerprint density at radius 3 is 2.17 bits per heavy atom. The van der Waals surface area contributed by atoms with E-state index in [1.807, 2.05) is 6.92 Å². The molecule has 0 spiro atoms. The van der Waals surface area contributed by atoms with Gasteiger partial charge in [0.1, 0.15) is 0 Å². The van der Waals surface area contributed by atoms with Crippen LogP contribution < -0.4 is 0 Å². The summed E-state index contributed by atoms with van der Waals surface area (Å²) in [6, 6.07) is 2.34. The number of carboxylic acids is 1. The van der Waals surface area contributed by atoms with E-state index < -0.39 is 59.1 Å². The van der Waals surface area contributed by atoms with Crippen LogP contribution in [0.5, 0.6) is 0 Å². The van der Waals surface area contributed by atoms with Gasteiger partial charge in [0.25, 0.3) is 5.91 Å². The summed E-state index contributed by atoms with van der Waals surface area (Å²) >= 11 is 6.42. The fraction of sp³-hybridized carbons (Fsp3) is 0.613. The summed E-state index contributed by atoms with van der Waals surface area (Å²) in [7, 11) is 0. The zero-order valence-corrected chi connectivity index (χ0v) is 25.5. The van der Waals surface area contributed by atoms with E-state index in [1.54, 1.807) is 26.0 Å². The standard InChI is InChI=1S/C31H39ClF3N3O4/c1-18-14-19(2)25(23(32)15-18)24(39)17-37(20-6-10-29(3,4)11-7-20)27(40)22-16-36-38(26(22)31(33,34)35)21-8-12-30(5,13-9-21)28(41)42/h14-16,20-21H,6-13,17H2,1-5H3,(H,41,42). The lowest BCUT2D eigenvalue weighted by molar-refractivity contribution is -0.152. The van der Waals surface area contributed by atoms with E-state index in [1.165, 1.54) is 4.90 Å². The first-order valence-corrected chi connectivity index (χ1v) is 14.8. The average molecular weight is 610 g/mol. The number of aliphatic carboxylic acids is 1. The molecule has 0 unspecified atom stereocenters. The van der Waals surface area contributed by atoms with Crippen molar-refractivity contribution in [1.29, 1.82) is 0 Å². The highest BCUT2D eigenvalue weighted by atomic mass is 35.5. The molecule has 2 fully saturated rings. The molecule has 1 amide bonds. The number of ketones is 1. The number of benzene rings is 1. The molecule has 0 aliphatic heterocycles. The zero-order chi connectivity index (χ0) is 31.2. The molecule has 2 saturated carbocycles. The van der Waals surface area contributed by atoms with Gasteiger partial charge in [-0.2, -0.15) is 18.3 Å². The van der Waals surface area contributed by atoms with Crippen molar-refractivity contribution in [3.8, 4) is 0 Å². The number of aryl methyl sites for hydroxylation is 2. The second kappa shape index (κ2) is 11.7. The van der Waals surface area contributed by atoms with E-state index in [2.05, 4.69) is 18.9 Å². The van der Waals surface area contributed by atoms with Crippen LogP contribution in [0.15, 0.2) is 18.3 Å². The molecule has 0 radical (unpaired) electrons. The van der Waals surface area contributed by atoms with Gasteiger partial charge in [-0.15, -0.1) is 0 Å². The summed E-state index contributed by atoms with van der Waals surface area (Å²) in [6.07, 6.45) is -0.549. The number of carboxylic acid groups (broad SMARTS) is 1. The summed E-state index contributed by atoms with van der Waals surface area (Å²) in [5.41, 5.74) is -0.983. The van der Waals surface area contributed by atoms with Crippen LogP contribution >= 0.6 is 11.6 Å². The van der Waals surface area contributed by atoms with E-state index in [0.717, 1.165) is 29.3 Å². The molecule has 0 bridgehead atoms. The van der Waals surface area contributed by atoms with Gasteiger partial charge in [0.05, 0.1) is 34.8 Å². The summed E-state index contributed by atoms with van der Waals surface area (Å²) in [6.45, 7) is 9.00. The highest BCUT2D eigenvalue weighted by Gasteiger charge is 2.46. The van der Waals surface area contributed by atoms with Gasteiger partial charge in [0.15, 0.2) is 11.5 Å². The summed E-state index contributed by atoms with van der Waals surface area (Å²) in [4.78, 5) is 40.6. The molecule has 2 aliphatic carbocycles. The van der Waals surface area contributed by atoms with Crippen molar-refractivity contribution in [3.63, 3.8) is 0 Å². The lowest BCUT2D eigenvalue weighted by Gasteiger charge is -2.40. The van der Waals surface area contributed by atoms with Crippen LogP contribution in [0.4, 0.5) is 13.2 Å². The first-order valence-electron chi connectivity index (χ1n) is 14.4. The second-order valence-corrected chi connectivity index (χ2v) is 13.5. The lowest BCUT2D eigenvalue weighted by atomic mass is 9.74. The smallest absolute Gasteiger partial charge is 0.433 e. The Bertz CT molecular complexity index is 1340. The van der Waals surface area contributed by atoms with E-state index >= 15 is 0 Å². The van der Waals surface area contributed by atoms with Crippen LogP contribution in [-0.4, -0.2) is 50.0 Å². The van der Waals surface area contributed by atoms with Gasteiger partial charge >= 0.3 is 12.1 Å². The molecule has 2 aliphatic rings. The Kier molecular flexibility index (Phi) is 8.89. The third kappa shape index (κ3) is 6.53. The van der Waals surface area contributed by atoms with E-state index in [4.69, 9.17) is 11.6 Å². The Labute approximate surface area is 249 Å². The Balaban J connectivity index is 1.70. The minimum atomic E-state index is -4.89. The van der Waals surface area contributed by atoms with E-state index in [-0.39, 0.29) is 41.7 Å². The van der Waals surface area contributed by atoms with Gasteiger partial charge in [-0.05, 0) is 94.7 Å². The number of nitrogens with zero attached hydrogens (tertiary/aromatic N) is 3. The van der Waals surface area contributed by atoms with Crippen molar-refractivity contribution >= 4 is 29.3 Å². The molecule has 0 saturated heterocycles. The maximum atomic E-state index is 14.6. The Morgan fingerprint density at radius 2 is 1.64 bits per heavy atom. The monoisotopic (exact) mass is 609 g/mol. The van der Waals surface area contributed by atoms with Gasteiger partial charge in [0, 0.05) is 11.6 Å². The highest BCUT2D eigenvalue weighted by Crippen LogP contribution is 2.44. The van der Waals surface area contributed by atoms with Crippen molar-refractivity contribution in [1.82, 2.24) is 14.7 Å². The van der Waals surface area contributed by atoms with Crippen molar-refractivity contribution < 1.29 is 32.7 Å². The van der Waals surface area contributed by atoms with Crippen LogP contribution in [0.1, 0.15) is 116 Å². The van der Waals surface area contributed by atoms with Crippen LogP contribution in [0.25, 0.3) is 0 Å². The molecule has 1 heterocycles. The largest absolute Gasteiger partial charge is 0.481 e. The number of hydrogen-bond acceptors (Lipinski definition) is 4. The van der Waals surface area contributed by atoms with Crippen LogP contribution in [0.2, 0.25) is 5.02 Å². The number of rotatable bonds is 7. The highest BCUT2D eigenvalue weighted by molar-refractivity contribution is 6.34. The molecule has 1 N–H and O–H groups in total. The van der Waals surface area contributed by atoms with Crippen molar-refractivity contribution in [2.24, 2.45) is 10.8 Å². The lowest BCUT2D eigenvalue weighted by Crippen LogP contribution is -2.46. The number of alkyl halides is 3. The number of amides is 1. The molecule has 7 nitrogen and oxygen atoms in total. The summed E-state index contributed by atoms with van der Waals surface area (Å²) < 4.78 is 44.7. The normalized spacial score (nSPS) is 23.0. The quantitative estimate of drug-likeness (QED) is 0.325. The third-order valence-electron chi connectivity index (χ3n) is 9.25. The maximum absolute atomic E-state index is 14.6. The zero-order valence-electron chi connectivity index (χ0n) is 24.8. The van der Waals surface area contributed by atoms with Gasteiger partial charge in [-0.3, -0.25) is 19.1 Å². The topological polar surface area (TPSA) is 92.5 Å². The van der Waals surface area contributed by atoms with Gasteiger partial charge in [-0.1, -0.05) is 31.5 Å². The number of carbonyl (C=O) groups is 3. The van der Waals surface area contributed by atoms with Crippen LogP contribution in [0.3, 0.4) is 0 Å². The number of Topliss-reactive ketones (excluding diaryl/α,β-unsaturated/α-hetero) is 1. The number of aromatic nitrogens is 2. The minimum absolute atomic E-state index is 0.0273. The predicted octanol–water partition coefficient (Wildman–Crippen LogP) is 7.67. The molecule has 2 aromatic rings. The molecule has 42 heavy (non-hydrogen) atoms. The van der Waals surface area contributed by atoms with E-state index in [0.29, 0.717) is 18.4 Å². The van der Waals surface area contributed by atoms with Gasteiger partial charge < -0.3 is 10.0 Å². The average Bonchev–Trinajstić information content (AvgIpc) is 3.33. The summed E-state index contributed by atoms with van der Waals surface area (Å²) in [5, 5.41) is 13.8. The van der Waals surface area contributed by atoms with E-state index in [9.17, 15) is 32.7 Å². The predicted molar refractivity (Wildman–Crippen MR) is 153 cm³/mol. The summed E-state index contributed by atoms with van der Waals surface area (Å²) in [5.74, 6) is -2.30. The molecule has 0 atom stereocenters. The number of hydrogen-bond donors (Lipinski definition) is 1. The van der Waals surface area contributed by atoms with Gasteiger partial charge in [-0.25, -0.2) is 0 Å². The van der Waals surface area contributed by atoms with Crippen LogP contribution in [0, 0.1) is 24.7 Å². The second-order valence-electron chi connectivity index (χ2n) is 13.1. The Morgan fingerprint density at radius 1 is 1.05 bits per heavy atom. The number of carbonyl (C=O) groups excluding carboxylic acids is 2. The molecule has 1 aromatic heterocycles. The molecular weight excluding hydrogens is 571 g/mol. The molecule has 4 rings (SSSR count). The molecule has 11 heteroatoms. The molecule has 230 valence electrons. The third-order valence-corrected chi connectivity index (χ3v) is 9.55. The first-order chi connectivity index (χ1) is 19.4. The molecular formula is C31H39ClF3N3O4. The van der Waals surface area contributed by atoms with Crippen molar-refractivity contribution in [3.05, 3.63) is 51.3 Å². The minimum Gasteiger partial charge on any atom is -0.481 e.